The van der Waals surface area contributed by atoms with Crippen LogP contribution in [0.3, 0.4) is 0 Å². The van der Waals surface area contributed by atoms with Gasteiger partial charge < -0.3 is 5.73 Å². The molecule has 0 saturated heterocycles. The van der Waals surface area contributed by atoms with Gasteiger partial charge in [-0.2, -0.15) is 17.5 Å². The van der Waals surface area contributed by atoms with Gasteiger partial charge in [0.05, 0.1) is 22.7 Å². The molecular weight excluding hydrogens is 345 g/mol. The van der Waals surface area contributed by atoms with E-state index in [1.807, 2.05) is 0 Å². The predicted molar refractivity (Wildman–Crippen MR) is 79.2 cm³/mol. The molecule has 2 aromatic rings. The lowest BCUT2D eigenvalue weighted by atomic mass is 10.1. The van der Waals surface area contributed by atoms with Gasteiger partial charge in [-0.3, -0.25) is 0 Å². The molecule has 0 atom stereocenters. The molecule has 1 aromatic heterocycles. The third-order valence-corrected chi connectivity index (χ3v) is 5.61. The van der Waals surface area contributed by atoms with Crippen molar-refractivity contribution in [2.45, 2.75) is 24.0 Å². The lowest BCUT2D eigenvalue weighted by Gasteiger charge is -2.27. The third kappa shape index (κ3) is 3.06. The minimum atomic E-state index is -4.51. The van der Waals surface area contributed by atoms with E-state index in [2.05, 4.69) is 9.97 Å². The first kappa shape index (κ1) is 16.7. The summed E-state index contributed by atoms with van der Waals surface area (Å²) in [6, 6.07) is 3.43. The van der Waals surface area contributed by atoms with Gasteiger partial charge in [-0.1, -0.05) is 0 Å². The van der Waals surface area contributed by atoms with Gasteiger partial charge in [0.2, 0.25) is 16.0 Å². The van der Waals surface area contributed by atoms with Gasteiger partial charge in [-0.05, 0) is 36.2 Å². The molecule has 0 radical (unpaired) electrons. The van der Waals surface area contributed by atoms with Crippen LogP contribution in [0.2, 0.25) is 0 Å². The molecule has 1 aliphatic rings. The van der Waals surface area contributed by atoms with Gasteiger partial charge in [0.1, 0.15) is 0 Å². The van der Waals surface area contributed by atoms with Crippen LogP contribution >= 0.6 is 0 Å². The van der Waals surface area contributed by atoms with E-state index in [4.69, 9.17) is 5.73 Å². The number of nitrogens with zero attached hydrogens (tertiary/aromatic N) is 3. The summed E-state index contributed by atoms with van der Waals surface area (Å²) >= 11 is 0. The van der Waals surface area contributed by atoms with Crippen molar-refractivity contribution in [3.8, 4) is 0 Å². The molecule has 24 heavy (non-hydrogen) atoms. The number of fused-ring (bicyclic) bond motifs is 1. The molecule has 0 spiro atoms. The molecule has 0 fully saturated rings. The number of anilines is 1. The molecule has 2 N–H and O–H groups in total. The van der Waals surface area contributed by atoms with Crippen molar-refractivity contribution in [3.05, 3.63) is 47.3 Å². The van der Waals surface area contributed by atoms with E-state index in [1.165, 1.54) is 4.31 Å². The Hall–Kier alpha value is -2.20. The van der Waals surface area contributed by atoms with Crippen molar-refractivity contribution < 1.29 is 21.6 Å². The van der Waals surface area contributed by atoms with Crippen molar-refractivity contribution in [2.24, 2.45) is 0 Å². The van der Waals surface area contributed by atoms with Crippen LogP contribution in [0.1, 0.15) is 16.8 Å². The molecule has 0 aliphatic carbocycles. The van der Waals surface area contributed by atoms with Crippen molar-refractivity contribution in [2.75, 3.05) is 12.3 Å². The molecule has 3 rings (SSSR count). The fourth-order valence-corrected chi connectivity index (χ4v) is 3.87. The largest absolute Gasteiger partial charge is 0.416 e. The van der Waals surface area contributed by atoms with Crippen LogP contribution in [0.5, 0.6) is 0 Å². The van der Waals surface area contributed by atoms with Crippen molar-refractivity contribution in [1.82, 2.24) is 14.3 Å². The molecule has 1 aromatic carbocycles. The number of alkyl halides is 3. The molecule has 0 saturated carbocycles. The lowest BCUT2D eigenvalue weighted by Crippen LogP contribution is -2.36. The second kappa shape index (κ2) is 5.71. The van der Waals surface area contributed by atoms with Crippen molar-refractivity contribution in [3.63, 3.8) is 0 Å². The summed E-state index contributed by atoms with van der Waals surface area (Å²) in [4.78, 5) is 7.70. The summed E-state index contributed by atoms with van der Waals surface area (Å²) in [6.07, 6.45) is -2.55. The van der Waals surface area contributed by atoms with Gasteiger partial charge in [0.25, 0.3) is 0 Å². The number of benzene rings is 1. The Bertz CT molecular complexity index is 867. The van der Waals surface area contributed by atoms with E-state index in [-0.39, 0.29) is 23.9 Å². The zero-order valence-corrected chi connectivity index (χ0v) is 13.1. The highest BCUT2D eigenvalue weighted by molar-refractivity contribution is 7.89. The van der Waals surface area contributed by atoms with E-state index in [0.29, 0.717) is 12.1 Å². The first-order chi connectivity index (χ1) is 11.2. The first-order valence-electron chi connectivity index (χ1n) is 6.95. The molecule has 128 valence electrons. The fourth-order valence-electron chi connectivity index (χ4n) is 2.46. The number of aromatic nitrogens is 2. The van der Waals surface area contributed by atoms with Crippen LogP contribution in [0, 0.1) is 0 Å². The normalized spacial score (nSPS) is 16.0. The SMILES string of the molecule is Nc1ncc2c(n1)CN(S(=O)(=O)c1ccc(C(F)(F)F)cc1)CC2. The fraction of sp³-hybridized carbons (Fsp3) is 0.286. The molecule has 0 bridgehead atoms. The highest BCUT2D eigenvalue weighted by atomic mass is 32.2. The zero-order valence-electron chi connectivity index (χ0n) is 12.3. The Labute approximate surface area is 136 Å². The van der Waals surface area contributed by atoms with Crippen molar-refractivity contribution in [1.29, 1.82) is 0 Å². The Balaban J connectivity index is 1.89. The molecular formula is C14H13F3N4O2S. The third-order valence-electron chi connectivity index (χ3n) is 3.75. The number of rotatable bonds is 2. The van der Waals surface area contributed by atoms with E-state index in [1.54, 1.807) is 6.20 Å². The van der Waals surface area contributed by atoms with Crippen LogP contribution < -0.4 is 5.73 Å². The maximum absolute atomic E-state index is 12.6. The van der Waals surface area contributed by atoms with Gasteiger partial charge >= 0.3 is 6.18 Å². The number of nitrogen functional groups attached to an aromatic ring is 1. The molecule has 0 amide bonds. The molecule has 0 unspecified atom stereocenters. The Morgan fingerprint density at radius 3 is 2.46 bits per heavy atom. The lowest BCUT2D eigenvalue weighted by molar-refractivity contribution is -0.137. The summed E-state index contributed by atoms with van der Waals surface area (Å²) in [6.45, 7) is 0.203. The van der Waals surface area contributed by atoms with Crippen LogP contribution in [0.4, 0.5) is 19.1 Å². The Kier molecular flexibility index (Phi) is 3.96. The van der Waals surface area contributed by atoms with Crippen molar-refractivity contribution >= 4 is 16.0 Å². The minimum Gasteiger partial charge on any atom is -0.368 e. The van der Waals surface area contributed by atoms with Crippen LogP contribution in [-0.2, 0) is 29.2 Å². The maximum Gasteiger partial charge on any atom is 0.416 e. The number of halogens is 3. The summed E-state index contributed by atoms with van der Waals surface area (Å²) in [5.74, 6) is 0.0440. The molecule has 10 heteroatoms. The van der Waals surface area contributed by atoms with Gasteiger partial charge in [0.15, 0.2) is 0 Å². The zero-order chi connectivity index (χ0) is 17.5. The van der Waals surface area contributed by atoms with Gasteiger partial charge in [0, 0.05) is 12.7 Å². The van der Waals surface area contributed by atoms with Gasteiger partial charge in [-0.15, -0.1) is 0 Å². The standard InChI is InChI=1S/C14H13F3N4O2S/c15-14(16,17)10-1-3-11(4-2-10)24(22,23)21-6-5-9-7-19-13(18)20-12(9)8-21/h1-4,7H,5-6,8H2,(H2,18,19,20). The monoisotopic (exact) mass is 358 g/mol. The smallest absolute Gasteiger partial charge is 0.368 e. The van der Waals surface area contributed by atoms with E-state index >= 15 is 0 Å². The first-order valence-corrected chi connectivity index (χ1v) is 8.39. The number of sulfonamides is 1. The second-order valence-electron chi connectivity index (χ2n) is 5.31. The Morgan fingerprint density at radius 2 is 1.83 bits per heavy atom. The van der Waals surface area contributed by atoms with Crippen LogP contribution in [-0.4, -0.2) is 29.2 Å². The number of nitrogens with two attached hydrogens (primary N) is 1. The van der Waals surface area contributed by atoms with Crippen LogP contribution in [0.15, 0.2) is 35.4 Å². The highest BCUT2D eigenvalue weighted by Gasteiger charge is 2.32. The molecule has 1 aliphatic heterocycles. The second-order valence-corrected chi connectivity index (χ2v) is 7.25. The summed E-state index contributed by atoms with van der Waals surface area (Å²) in [5, 5.41) is 0. The van der Waals surface area contributed by atoms with Gasteiger partial charge in [-0.25, -0.2) is 18.4 Å². The Morgan fingerprint density at radius 1 is 1.17 bits per heavy atom. The quantitative estimate of drug-likeness (QED) is 0.885. The predicted octanol–water partition coefficient (Wildman–Crippen LogP) is 1.82. The molecule has 2 heterocycles. The van der Waals surface area contributed by atoms with E-state index in [9.17, 15) is 21.6 Å². The van der Waals surface area contributed by atoms with E-state index in [0.717, 1.165) is 29.8 Å². The number of hydrogen-bond donors (Lipinski definition) is 1. The molecule has 6 nitrogen and oxygen atoms in total. The minimum absolute atomic E-state index is 0.00537. The highest BCUT2D eigenvalue weighted by Crippen LogP contribution is 2.31. The van der Waals surface area contributed by atoms with E-state index < -0.39 is 21.8 Å². The maximum atomic E-state index is 12.6. The summed E-state index contributed by atoms with van der Waals surface area (Å²) < 4.78 is 64.2. The average molecular weight is 358 g/mol. The summed E-state index contributed by atoms with van der Waals surface area (Å²) in [5.41, 5.74) is 5.92. The van der Waals surface area contributed by atoms with Crippen LogP contribution in [0.25, 0.3) is 0 Å². The average Bonchev–Trinajstić information content (AvgIpc) is 2.53. The summed E-state index contributed by atoms with van der Waals surface area (Å²) in [7, 11) is -3.92. The number of hydrogen-bond acceptors (Lipinski definition) is 5. The topological polar surface area (TPSA) is 89.2 Å².